The van der Waals surface area contributed by atoms with Crippen molar-refractivity contribution in [3.05, 3.63) is 53.3 Å². The number of benzene rings is 2. The van der Waals surface area contributed by atoms with Gasteiger partial charge in [-0.2, -0.15) is 14.0 Å². The number of alkyl halides is 2. The van der Waals surface area contributed by atoms with Crippen molar-refractivity contribution in [2.45, 2.75) is 25.9 Å². The summed E-state index contributed by atoms with van der Waals surface area (Å²) < 4.78 is 42.6. The smallest absolute Gasteiger partial charge is 0.387 e. The number of para-hydroxylation sites is 1. The van der Waals surface area contributed by atoms with E-state index in [0.717, 1.165) is 5.52 Å². The molecule has 0 saturated heterocycles. The lowest BCUT2D eigenvalue weighted by Gasteiger charge is -2.26. The van der Waals surface area contributed by atoms with Crippen molar-refractivity contribution in [1.29, 1.82) is 5.26 Å². The average molecular weight is 374 g/mol. The van der Waals surface area contributed by atoms with Crippen LogP contribution >= 0.6 is 0 Å². The van der Waals surface area contributed by atoms with Gasteiger partial charge in [-0.05, 0) is 29.8 Å². The third-order valence-corrected chi connectivity index (χ3v) is 4.26. The van der Waals surface area contributed by atoms with Crippen LogP contribution in [-0.2, 0) is 5.41 Å². The van der Waals surface area contributed by atoms with Crippen molar-refractivity contribution in [1.82, 2.24) is 9.97 Å². The fraction of sp³-hybridized carbons (Fsp3) is 0.263. The first-order valence-corrected chi connectivity index (χ1v) is 8.18. The zero-order valence-corrected chi connectivity index (χ0v) is 14.7. The van der Waals surface area contributed by atoms with Crippen LogP contribution in [0.4, 0.5) is 19.1 Å². The highest BCUT2D eigenvalue weighted by molar-refractivity contribution is 5.83. The quantitative estimate of drug-likeness (QED) is 0.663. The highest BCUT2D eigenvalue weighted by Crippen LogP contribution is 2.29. The van der Waals surface area contributed by atoms with Gasteiger partial charge < -0.3 is 15.0 Å². The van der Waals surface area contributed by atoms with Gasteiger partial charge >= 0.3 is 6.61 Å². The number of fused-ring (bicyclic) bond motifs is 1. The molecule has 0 aliphatic carbocycles. The number of hydrogen-bond donors (Lipinski definition) is 2. The maximum atomic E-state index is 14.0. The molecule has 0 spiro atoms. The number of hydrogen-bond acceptors (Lipinski definition) is 4. The van der Waals surface area contributed by atoms with Crippen molar-refractivity contribution in [2.24, 2.45) is 0 Å². The molecule has 8 heteroatoms. The number of nitrogens with zero attached hydrogens (tertiary/aromatic N) is 2. The molecule has 0 bridgehead atoms. The Bertz CT molecular complexity index is 1010. The summed E-state index contributed by atoms with van der Waals surface area (Å²) >= 11 is 0. The Hall–Kier alpha value is -3.21. The second-order valence-corrected chi connectivity index (χ2v) is 6.66. The summed E-state index contributed by atoms with van der Waals surface area (Å²) in [7, 11) is 0. The van der Waals surface area contributed by atoms with E-state index >= 15 is 0 Å². The van der Waals surface area contributed by atoms with E-state index in [0.29, 0.717) is 29.1 Å². The largest absolute Gasteiger partial charge is 0.432 e. The van der Waals surface area contributed by atoms with Crippen LogP contribution in [0.15, 0.2) is 36.4 Å². The molecule has 140 valence electrons. The van der Waals surface area contributed by atoms with Crippen molar-refractivity contribution < 1.29 is 17.9 Å². The third kappa shape index (κ3) is 3.97. The molecule has 1 aromatic heterocycles. The molecular formula is C19H17F3N4O. The van der Waals surface area contributed by atoms with Gasteiger partial charge in [0, 0.05) is 12.0 Å². The Morgan fingerprint density at radius 3 is 2.74 bits per heavy atom. The summed E-state index contributed by atoms with van der Waals surface area (Å²) in [4.78, 5) is 7.46. The van der Waals surface area contributed by atoms with E-state index in [-0.39, 0.29) is 0 Å². The Morgan fingerprint density at radius 1 is 1.30 bits per heavy atom. The topological polar surface area (TPSA) is 73.7 Å². The summed E-state index contributed by atoms with van der Waals surface area (Å²) in [5.41, 5.74) is 1.85. The van der Waals surface area contributed by atoms with Gasteiger partial charge in [0.2, 0.25) is 5.95 Å². The normalized spacial score (nSPS) is 11.6. The Balaban J connectivity index is 1.77. The second-order valence-electron chi connectivity index (χ2n) is 6.66. The van der Waals surface area contributed by atoms with E-state index in [1.807, 2.05) is 19.9 Å². The molecule has 0 aliphatic rings. The summed E-state index contributed by atoms with van der Waals surface area (Å²) in [6.07, 6.45) is 0. The highest BCUT2D eigenvalue weighted by atomic mass is 19.3. The van der Waals surface area contributed by atoms with Crippen LogP contribution in [-0.4, -0.2) is 23.1 Å². The zero-order chi connectivity index (χ0) is 19.6. The van der Waals surface area contributed by atoms with E-state index in [9.17, 15) is 13.2 Å². The van der Waals surface area contributed by atoms with Crippen molar-refractivity contribution >= 4 is 17.0 Å². The van der Waals surface area contributed by atoms with E-state index < -0.39 is 23.6 Å². The molecule has 3 rings (SSSR count). The number of imidazole rings is 1. The first-order chi connectivity index (χ1) is 12.8. The van der Waals surface area contributed by atoms with E-state index in [1.54, 1.807) is 18.2 Å². The van der Waals surface area contributed by atoms with E-state index in [1.165, 1.54) is 12.1 Å². The Labute approximate surface area is 153 Å². The molecule has 0 fully saturated rings. The minimum atomic E-state index is -3.08. The second kappa shape index (κ2) is 7.19. The number of nitriles is 1. The molecule has 0 saturated carbocycles. The van der Waals surface area contributed by atoms with Gasteiger partial charge in [0.25, 0.3) is 0 Å². The van der Waals surface area contributed by atoms with Gasteiger partial charge in [-0.25, -0.2) is 9.37 Å². The third-order valence-electron chi connectivity index (χ3n) is 4.26. The number of nitrogens with one attached hydrogen (secondary N) is 2. The molecule has 3 aromatic rings. The number of aromatic amines is 1. The number of rotatable bonds is 6. The monoisotopic (exact) mass is 374 g/mol. The standard InChI is InChI=1S/C19H17F3N4O/c1-19(2,12-6-7-15(13(20)8-12)27-17(21)22)10-24-18-25-14-5-3-4-11(9-23)16(14)26-18/h3-8,17H,10H2,1-2H3,(H2,24,25,26). The Morgan fingerprint density at radius 2 is 2.07 bits per heavy atom. The highest BCUT2D eigenvalue weighted by Gasteiger charge is 2.23. The number of halogens is 3. The van der Waals surface area contributed by atoms with Crippen LogP contribution < -0.4 is 10.1 Å². The maximum Gasteiger partial charge on any atom is 0.387 e. The van der Waals surface area contributed by atoms with Gasteiger partial charge in [-0.1, -0.05) is 26.0 Å². The molecule has 1 heterocycles. The average Bonchev–Trinajstić information content (AvgIpc) is 3.04. The predicted molar refractivity (Wildman–Crippen MR) is 95.4 cm³/mol. The van der Waals surface area contributed by atoms with Gasteiger partial charge in [0.05, 0.1) is 11.1 Å². The Kier molecular flexibility index (Phi) is 4.95. The van der Waals surface area contributed by atoms with Crippen LogP contribution in [0, 0.1) is 17.1 Å². The molecule has 0 unspecified atom stereocenters. The lowest BCUT2D eigenvalue weighted by Crippen LogP contribution is -2.28. The number of anilines is 1. The van der Waals surface area contributed by atoms with Crippen molar-refractivity contribution in [3.8, 4) is 11.8 Å². The summed E-state index contributed by atoms with van der Waals surface area (Å²) in [6.45, 7) is 1.08. The number of ether oxygens (including phenoxy) is 1. The van der Waals surface area contributed by atoms with Gasteiger partial charge in [0.15, 0.2) is 11.6 Å². The molecule has 2 N–H and O–H groups in total. The summed E-state index contributed by atoms with van der Waals surface area (Å²) in [6, 6.07) is 11.3. The van der Waals surface area contributed by atoms with Crippen LogP contribution in [0.25, 0.3) is 11.0 Å². The molecule has 5 nitrogen and oxygen atoms in total. The summed E-state index contributed by atoms with van der Waals surface area (Å²) in [5, 5.41) is 12.3. The summed E-state index contributed by atoms with van der Waals surface area (Å²) in [5.74, 6) is -0.846. The number of H-pyrrole nitrogens is 1. The lowest BCUT2D eigenvalue weighted by atomic mass is 9.84. The lowest BCUT2D eigenvalue weighted by molar-refractivity contribution is -0.0522. The molecule has 0 atom stereocenters. The fourth-order valence-electron chi connectivity index (χ4n) is 2.73. The van der Waals surface area contributed by atoms with Gasteiger partial charge in [-0.15, -0.1) is 0 Å². The first kappa shape index (κ1) is 18.6. The fourth-order valence-corrected chi connectivity index (χ4v) is 2.73. The van der Waals surface area contributed by atoms with Crippen molar-refractivity contribution in [2.75, 3.05) is 11.9 Å². The molecule has 27 heavy (non-hydrogen) atoms. The minimum Gasteiger partial charge on any atom is -0.432 e. The molecular weight excluding hydrogens is 357 g/mol. The van der Waals surface area contributed by atoms with Gasteiger partial charge in [0.1, 0.15) is 11.6 Å². The van der Waals surface area contributed by atoms with Gasteiger partial charge in [-0.3, -0.25) is 0 Å². The SMILES string of the molecule is CC(C)(CNc1nc2c(C#N)cccc2[nH]1)c1ccc(OC(F)F)c(F)c1. The predicted octanol–water partition coefficient (Wildman–Crippen LogP) is 4.56. The van der Waals surface area contributed by atoms with E-state index in [2.05, 4.69) is 26.1 Å². The van der Waals surface area contributed by atoms with Crippen molar-refractivity contribution in [3.63, 3.8) is 0 Å². The maximum absolute atomic E-state index is 14.0. The van der Waals surface area contributed by atoms with Crippen LogP contribution in [0.3, 0.4) is 0 Å². The number of aromatic nitrogens is 2. The molecule has 2 aromatic carbocycles. The minimum absolute atomic E-state index is 0.392. The first-order valence-electron chi connectivity index (χ1n) is 8.18. The molecule has 0 amide bonds. The zero-order valence-electron chi connectivity index (χ0n) is 14.7. The molecule has 0 radical (unpaired) electrons. The van der Waals surface area contributed by atoms with Crippen LogP contribution in [0.5, 0.6) is 5.75 Å². The van der Waals surface area contributed by atoms with E-state index in [4.69, 9.17) is 5.26 Å². The van der Waals surface area contributed by atoms with Crippen LogP contribution in [0.2, 0.25) is 0 Å². The molecule has 0 aliphatic heterocycles. The van der Waals surface area contributed by atoms with Crippen LogP contribution in [0.1, 0.15) is 25.0 Å².